The number of rotatable bonds is 9. The van der Waals surface area contributed by atoms with E-state index in [-0.39, 0.29) is 24.5 Å². The zero-order valence-corrected chi connectivity index (χ0v) is 20.1. The van der Waals surface area contributed by atoms with Gasteiger partial charge in [-0.05, 0) is 36.6 Å². The molecule has 0 saturated heterocycles. The predicted octanol–water partition coefficient (Wildman–Crippen LogP) is 4.77. The topological polar surface area (TPSA) is 132 Å². The number of carbonyl (C=O) groups is 1. The highest BCUT2D eigenvalue weighted by molar-refractivity contribution is 5.83. The summed E-state index contributed by atoms with van der Waals surface area (Å²) >= 11 is 0. The summed E-state index contributed by atoms with van der Waals surface area (Å²) in [6, 6.07) is 14.9. The summed E-state index contributed by atoms with van der Waals surface area (Å²) in [5, 5.41) is 11.7. The molecule has 4 rings (SSSR count). The Morgan fingerprint density at radius 1 is 1.19 bits per heavy atom. The molecule has 0 aliphatic carbocycles. The molecule has 2 aromatic heterocycles. The van der Waals surface area contributed by atoms with Crippen LogP contribution in [0.5, 0.6) is 0 Å². The highest BCUT2D eigenvalue weighted by Crippen LogP contribution is 2.27. The molecule has 0 bridgehead atoms. The number of benzene rings is 2. The van der Waals surface area contributed by atoms with Crippen LogP contribution in [0.15, 0.2) is 54.9 Å². The Morgan fingerprint density at radius 3 is 2.78 bits per heavy atom. The van der Waals surface area contributed by atoms with Crippen molar-refractivity contribution in [1.82, 2.24) is 24.8 Å². The summed E-state index contributed by atoms with van der Waals surface area (Å²) in [4.78, 5) is 25.2. The predicted molar refractivity (Wildman–Crippen MR) is 133 cm³/mol. The van der Waals surface area contributed by atoms with E-state index < -0.39 is 12.0 Å². The number of alkyl carbamates (subject to hydrolysis) is 1. The standard InChI is InChI=1S/C26H25F2N7O2/c1-26(27,28)20-9-5-7-18(13-20)15-31-25(36)37-11-3-2-10-35-16-32-21-22(30)33-23(34-24(21)35)19-8-4-6-17(12-19)14-29/h4-9,12-13,16H,2-3,10-11,15H2,1H3,(H,31,36)(H2,30,33,34). The number of aryl methyl sites for hydroxylation is 1. The Bertz CT molecular complexity index is 1460. The van der Waals surface area contributed by atoms with Gasteiger partial charge in [-0.1, -0.05) is 30.3 Å². The number of nitrogens with one attached hydrogen (secondary N) is 1. The first-order valence-corrected chi connectivity index (χ1v) is 11.6. The highest BCUT2D eigenvalue weighted by Gasteiger charge is 2.24. The smallest absolute Gasteiger partial charge is 0.407 e. The van der Waals surface area contributed by atoms with E-state index >= 15 is 0 Å². The minimum Gasteiger partial charge on any atom is -0.450 e. The first-order chi connectivity index (χ1) is 17.7. The highest BCUT2D eigenvalue weighted by atomic mass is 19.3. The maximum atomic E-state index is 13.5. The maximum absolute atomic E-state index is 13.5. The SMILES string of the molecule is CC(F)(F)c1cccc(CNC(=O)OCCCCn2cnc3c(N)nc(-c4cccc(C#N)c4)nc32)c1. The maximum Gasteiger partial charge on any atom is 0.407 e. The quantitative estimate of drug-likeness (QED) is 0.313. The van der Waals surface area contributed by atoms with Crippen LogP contribution in [0, 0.1) is 11.3 Å². The Hall–Kier alpha value is -4.59. The molecule has 3 N–H and O–H groups in total. The van der Waals surface area contributed by atoms with Crippen molar-refractivity contribution in [2.75, 3.05) is 12.3 Å². The number of alkyl halides is 2. The van der Waals surface area contributed by atoms with Crippen molar-refractivity contribution >= 4 is 23.1 Å². The van der Waals surface area contributed by atoms with Gasteiger partial charge in [0.2, 0.25) is 0 Å². The molecule has 37 heavy (non-hydrogen) atoms. The summed E-state index contributed by atoms with van der Waals surface area (Å²) in [6.07, 6.45) is 2.27. The van der Waals surface area contributed by atoms with Gasteiger partial charge in [0, 0.05) is 31.1 Å². The number of nitrogens with two attached hydrogens (primary N) is 1. The number of halogens is 2. The van der Waals surface area contributed by atoms with E-state index in [4.69, 9.17) is 15.7 Å². The first-order valence-electron chi connectivity index (χ1n) is 11.6. The summed E-state index contributed by atoms with van der Waals surface area (Å²) < 4.78 is 34.0. The van der Waals surface area contributed by atoms with Gasteiger partial charge in [-0.3, -0.25) is 0 Å². The lowest BCUT2D eigenvalue weighted by atomic mass is 10.1. The van der Waals surface area contributed by atoms with Crippen LogP contribution in [0.4, 0.5) is 19.4 Å². The molecule has 0 spiro atoms. The van der Waals surface area contributed by atoms with Crippen LogP contribution in [-0.4, -0.2) is 32.2 Å². The normalized spacial score (nSPS) is 11.3. The van der Waals surface area contributed by atoms with Crippen molar-refractivity contribution in [3.8, 4) is 17.5 Å². The van der Waals surface area contributed by atoms with E-state index in [0.29, 0.717) is 53.1 Å². The van der Waals surface area contributed by atoms with E-state index in [0.717, 1.165) is 6.92 Å². The molecule has 0 fully saturated rings. The van der Waals surface area contributed by atoms with Crippen molar-refractivity contribution in [3.63, 3.8) is 0 Å². The van der Waals surface area contributed by atoms with Crippen molar-refractivity contribution in [3.05, 3.63) is 71.5 Å². The zero-order chi connectivity index (χ0) is 26.4. The van der Waals surface area contributed by atoms with Crippen LogP contribution in [0.25, 0.3) is 22.6 Å². The number of unbranched alkanes of at least 4 members (excludes halogenated alkanes) is 1. The molecule has 0 aliphatic heterocycles. The zero-order valence-electron chi connectivity index (χ0n) is 20.1. The number of nitrogen functional groups attached to an aromatic ring is 1. The number of fused-ring (bicyclic) bond motifs is 1. The van der Waals surface area contributed by atoms with Gasteiger partial charge in [-0.25, -0.2) is 28.5 Å². The molecule has 2 heterocycles. The molecule has 9 nitrogen and oxygen atoms in total. The van der Waals surface area contributed by atoms with E-state index in [1.807, 2.05) is 4.57 Å². The molecule has 0 atom stereocenters. The molecule has 0 saturated carbocycles. The largest absolute Gasteiger partial charge is 0.450 e. The average molecular weight is 506 g/mol. The minimum absolute atomic E-state index is 0.0878. The number of carbonyl (C=O) groups excluding carboxylic acids is 1. The Kier molecular flexibility index (Phi) is 7.57. The van der Waals surface area contributed by atoms with E-state index in [9.17, 15) is 13.6 Å². The van der Waals surface area contributed by atoms with Crippen LogP contribution < -0.4 is 11.1 Å². The molecule has 0 aliphatic rings. The molecule has 1 amide bonds. The molecule has 2 aromatic carbocycles. The fourth-order valence-corrected chi connectivity index (χ4v) is 3.72. The van der Waals surface area contributed by atoms with E-state index in [1.165, 1.54) is 18.2 Å². The molecular weight excluding hydrogens is 480 g/mol. The molecule has 4 aromatic rings. The van der Waals surface area contributed by atoms with Crippen molar-refractivity contribution in [2.45, 2.75) is 38.8 Å². The second-order valence-corrected chi connectivity index (χ2v) is 8.52. The number of amides is 1. The van der Waals surface area contributed by atoms with Crippen molar-refractivity contribution in [1.29, 1.82) is 5.26 Å². The van der Waals surface area contributed by atoms with Gasteiger partial charge in [0.25, 0.3) is 5.92 Å². The van der Waals surface area contributed by atoms with Gasteiger partial charge in [0.05, 0.1) is 24.6 Å². The second kappa shape index (κ2) is 11.0. The van der Waals surface area contributed by atoms with Crippen LogP contribution in [0.3, 0.4) is 0 Å². The Morgan fingerprint density at radius 2 is 2.00 bits per heavy atom. The lowest BCUT2D eigenvalue weighted by molar-refractivity contribution is 0.0174. The van der Waals surface area contributed by atoms with Gasteiger partial charge < -0.3 is 20.4 Å². The second-order valence-electron chi connectivity index (χ2n) is 8.52. The van der Waals surface area contributed by atoms with Gasteiger partial charge in [-0.15, -0.1) is 0 Å². The molecule has 0 unspecified atom stereocenters. The number of nitriles is 1. The summed E-state index contributed by atoms with van der Waals surface area (Å²) in [5.41, 5.74) is 8.77. The lowest BCUT2D eigenvalue weighted by Crippen LogP contribution is -2.24. The number of hydrogen-bond donors (Lipinski definition) is 2. The third-order valence-electron chi connectivity index (χ3n) is 5.64. The lowest BCUT2D eigenvalue weighted by Gasteiger charge is -2.12. The van der Waals surface area contributed by atoms with Crippen molar-refractivity contribution < 1.29 is 18.3 Å². The van der Waals surface area contributed by atoms with Gasteiger partial charge in [-0.2, -0.15) is 5.26 Å². The molecular formula is C26H25F2N7O2. The molecule has 0 radical (unpaired) electrons. The van der Waals surface area contributed by atoms with E-state index in [1.54, 1.807) is 36.7 Å². The number of aromatic nitrogens is 4. The van der Waals surface area contributed by atoms with Crippen LogP contribution in [0.2, 0.25) is 0 Å². The van der Waals surface area contributed by atoms with Crippen molar-refractivity contribution in [2.24, 2.45) is 0 Å². The van der Waals surface area contributed by atoms with E-state index in [2.05, 4.69) is 26.3 Å². The summed E-state index contributed by atoms with van der Waals surface area (Å²) in [7, 11) is 0. The Labute approximate surface area is 211 Å². The fraction of sp³-hybridized carbons (Fsp3) is 0.269. The van der Waals surface area contributed by atoms with Gasteiger partial charge in [0.1, 0.15) is 5.52 Å². The number of nitrogens with zero attached hydrogens (tertiary/aromatic N) is 5. The third kappa shape index (κ3) is 6.35. The fourth-order valence-electron chi connectivity index (χ4n) is 3.72. The number of imidazole rings is 1. The molecule has 11 heteroatoms. The van der Waals surface area contributed by atoms with Crippen LogP contribution in [0.1, 0.15) is 36.5 Å². The monoisotopic (exact) mass is 505 g/mol. The van der Waals surface area contributed by atoms with Crippen LogP contribution >= 0.6 is 0 Å². The number of hydrogen-bond acceptors (Lipinski definition) is 7. The van der Waals surface area contributed by atoms with Crippen LogP contribution in [-0.2, 0) is 23.7 Å². The molecule has 190 valence electrons. The third-order valence-corrected chi connectivity index (χ3v) is 5.64. The van der Waals surface area contributed by atoms with Gasteiger partial charge in [0.15, 0.2) is 17.3 Å². The summed E-state index contributed by atoms with van der Waals surface area (Å²) in [5.74, 6) is -2.30. The average Bonchev–Trinajstić information content (AvgIpc) is 3.30. The minimum atomic E-state index is -2.95. The Balaban J connectivity index is 1.28. The first kappa shape index (κ1) is 25.5. The summed E-state index contributed by atoms with van der Waals surface area (Å²) in [6.45, 7) is 1.67. The number of ether oxygens (including phenoxy) is 1. The van der Waals surface area contributed by atoms with Gasteiger partial charge >= 0.3 is 6.09 Å². The number of anilines is 1.